The van der Waals surface area contributed by atoms with E-state index < -0.39 is 5.97 Å². The number of aromatic nitrogens is 2. The van der Waals surface area contributed by atoms with E-state index >= 15 is 0 Å². The standard InChI is InChI=1S/C9H14N2.C8H9NO2/c1-3-5-7-11-8-6-10-9(11)4-2;10-8(11)6-9-7-4-2-1-3-5-7/h4,6,8H,2-3,5,7H2,1H3;1-5,9H,6H2,(H,10,11). The van der Waals surface area contributed by atoms with E-state index in [4.69, 9.17) is 5.11 Å². The number of nitrogens with one attached hydrogen (secondary N) is 1. The molecule has 0 saturated carbocycles. The van der Waals surface area contributed by atoms with Gasteiger partial charge < -0.3 is 15.0 Å². The third-order valence-electron chi connectivity index (χ3n) is 2.90. The maximum Gasteiger partial charge on any atom is 0.322 e. The summed E-state index contributed by atoms with van der Waals surface area (Å²) >= 11 is 0. The fourth-order valence-corrected chi connectivity index (χ4v) is 1.76. The third kappa shape index (κ3) is 6.74. The molecule has 0 fully saturated rings. The number of para-hydroxylation sites is 1. The number of unbranched alkanes of at least 4 members (excludes halogenated alkanes) is 1. The molecule has 118 valence electrons. The minimum atomic E-state index is -0.853. The summed E-state index contributed by atoms with van der Waals surface area (Å²) in [6.45, 7) is 6.89. The molecule has 5 nitrogen and oxygen atoms in total. The molecular weight excluding hydrogens is 278 g/mol. The molecule has 0 aliphatic heterocycles. The molecule has 0 aliphatic carbocycles. The Morgan fingerprint density at radius 3 is 2.73 bits per heavy atom. The van der Waals surface area contributed by atoms with Gasteiger partial charge in [-0.05, 0) is 24.6 Å². The summed E-state index contributed by atoms with van der Waals surface area (Å²) in [6, 6.07) is 9.23. The van der Waals surface area contributed by atoms with E-state index in [0.29, 0.717) is 0 Å². The second-order valence-electron chi connectivity index (χ2n) is 4.65. The molecule has 0 bridgehead atoms. The fraction of sp³-hybridized carbons (Fsp3) is 0.294. The van der Waals surface area contributed by atoms with E-state index in [2.05, 4.69) is 28.4 Å². The zero-order chi connectivity index (χ0) is 16.2. The van der Waals surface area contributed by atoms with Gasteiger partial charge in [-0.2, -0.15) is 0 Å². The lowest BCUT2D eigenvalue weighted by Crippen LogP contribution is -2.11. The van der Waals surface area contributed by atoms with Crippen LogP contribution in [-0.4, -0.2) is 27.2 Å². The second kappa shape index (κ2) is 10.2. The zero-order valence-corrected chi connectivity index (χ0v) is 12.9. The van der Waals surface area contributed by atoms with Crippen molar-refractivity contribution < 1.29 is 9.90 Å². The molecule has 0 aliphatic rings. The zero-order valence-electron chi connectivity index (χ0n) is 12.9. The van der Waals surface area contributed by atoms with Crippen LogP contribution in [0, 0.1) is 0 Å². The number of carboxylic acid groups (broad SMARTS) is 1. The number of anilines is 1. The Kier molecular flexibility index (Phi) is 8.12. The molecule has 0 unspecified atom stereocenters. The fourth-order valence-electron chi connectivity index (χ4n) is 1.76. The lowest BCUT2D eigenvalue weighted by molar-refractivity contribution is -0.134. The predicted octanol–water partition coefficient (Wildman–Crippen LogP) is 3.51. The van der Waals surface area contributed by atoms with Crippen molar-refractivity contribution in [1.82, 2.24) is 9.55 Å². The van der Waals surface area contributed by atoms with Crippen LogP contribution >= 0.6 is 0 Å². The number of aryl methyl sites for hydroxylation is 1. The molecule has 2 aromatic rings. The van der Waals surface area contributed by atoms with Gasteiger partial charge in [0.25, 0.3) is 0 Å². The van der Waals surface area contributed by atoms with Crippen LogP contribution in [0.4, 0.5) is 5.69 Å². The maximum atomic E-state index is 10.1. The molecule has 0 radical (unpaired) electrons. The van der Waals surface area contributed by atoms with E-state index in [1.807, 2.05) is 42.7 Å². The monoisotopic (exact) mass is 301 g/mol. The number of carbonyl (C=O) groups is 1. The first-order chi connectivity index (χ1) is 10.7. The van der Waals surface area contributed by atoms with Gasteiger partial charge in [-0.1, -0.05) is 38.1 Å². The number of hydrogen-bond acceptors (Lipinski definition) is 3. The molecule has 1 aromatic carbocycles. The maximum absolute atomic E-state index is 10.1. The Hall–Kier alpha value is -2.56. The Morgan fingerprint density at radius 1 is 1.41 bits per heavy atom. The van der Waals surface area contributed by atoms with Crippen molar-refractivity contribution in [3.63, 3.8) is 0 Å². The van der Waals surface area contributed by atoms with Crippen molar-refractivity contribution in [3.8, 4) is 0 Å². The summed E-state index contributed by atoms with van der Waals surface area (Å²) in [7, 11) is 0. The summed E-state index contributed by atoms with van der Waals surface area (Å²) in [5.41, 5.74) is 0.829. The minimum absolute atomic E-state index is 0.0377. The van der Waals surface area contributed by atoms with Crippen molar-refractivity contribution in [2.24, 2.45) is 0 Å². The van der Waals surface area contributed by atoms with E-state index in [-0.39, 0.29) is 6.54 Å². The van der Waals surface area contributed by atoms with E-state index in [1.54, 1.807) is 6.08 Å². The van der Waals surface area contributed by atoms with Crippen LogP contribution in [0.2, 0.25) is 0 Å². The van der Waals surface area contributed by atoms with Crippen LogP contribution in [-0.2, 0) is 11.3 Å². The normalized spacial score (nSPS) is 9.50. The number of carboxylic acids is 1. The third-order valence-corrected chi connectivity index (χ3v) is 2.90. The number of imidazole rings is 1. The summed E-state index contributed by atoms with van der Waals surface area (Å²) in [6.07, 6.45) is 8.01. The molecule has 1 heterocycles. The van der Waals surface area contributed by atoms with Gasteiger partial charge in [0, 0.05) is 24.6 Å². The molecule has 0 saturated heterocycles. The lowest BCUT2D eigenvalue weighted by Gasteiger charge is -2.01. The Bertz CT molecular complexity index is 564. The first-order valence-electron chi connectivity index (χ1n) is 7.31. The van der Waals surface area contributed by atoms with Gasteiger partial charge in [0.1, 0.15) is 12.4 Å². The van der Waals surface area contributed by atoms with Gasteiger partial charge in [0.2, 0.25) is 0 Å². The molecular formula is C17H23N3O2. The molecule has 0 spiro atoms. The van der Waals surface area contributed by atoms with Crippen LogP contribution in [0.3, 0.4) is 0 Å². The molecule has 22 heavy (non-hydrogen) atoms. The molecule has 2 N–H and O–H groups in total. The second-order valence-corrected chi connectivity index (χ2v) is 4.65. The average Bonchev–Trinajstić information content (AvgIpc) is 3.00. The Morgan fingerprint density at radius 2 is 2.14 bits per heavy atom. The number of aliphatic carboxylic acids is 1. The van der Waals surface area contributed by atoms with E-state index in [0.717, 1.165) is 18.1 Å². The van der Waals surface area contributed by atoms with Crippen molar-refractivity contribution in [2.45, 2.75) is 26.3 Å². The van der Waals surface area contributed by atoms with E-state index in [1.165, 1.54) is 12.8 Å². The van der Waals surface area contributed by atoms with Crippen LogP contribution in [0.1, 0.15) is 25.6 Å². The van der Waals surface area contributed by atoms with Gasteiger partial charge in [-0.25, -0.2) is 4.98 Å². The highest BCUT2D eigenvalue weighted by molar-refractivity contribution is 5.72. The molecule has 0 amide bonds. The van der Waals surface area contributed by atoms with Crippen molar-refractivity contribution in [2.75, 3.05) is 11.9 Å². The average molecular weight is 301 g/mol. The smallest absolute Gasteiger partial charge is 0.322 e. The minimum Gasteiger partial charge on any atom is -0.480 e. The Balaban J connectivity index is 0.000000220. The van der Waals surface area contributed by atoms with Crippen molar-refractivity contribution >= 4 is 17.7 Å². The van der Waals surface area contributed by atoms with Gasteiger partial charge in [0.15, 0.2) is 0 Å². The quantitative estimate of drug-likeness (QED) is 0.821. The number of hydrogen-bond donors (Lipinski definition) is 2. The van der Waals surface area contributed by atoms with Gasteiger partial charge >= 0.3 is 5.97 Å². The Labute approximate surface area is 131 Å². The van der Waals surface area contributed by atoms with Crippen LogP contribution in [0.5, 0.6) is 0 Å². The van der Waals surface area contributed by atoms with E-state index in [9.17, 15) is 4.79 Å². The first-order valence-corrected chi connectivity index (χ1v) is 7.31. The molecule has 1 aromatic heterocycles. The molecule has 5 heteroatoms. The van der Waals surface area contributed by atoms with Crippen LogP contribution in [0.25, 0.3) is 6.08 Å². The van der Waals surface area contributed by atoms with Crippen molar-refractivity contribution in [3.05, 3.63) is 55.1 Å². The highest BCUT2D eigenvalue weighted by Crippen LogP contribution is 2.03. The summed E-state index contributed by atoms with van der Waals surface area (Å²) < 4.78 is 2.12. The number of nitrogens with zero attached hydrogens (tertiary/aromatic N) is 2. The number of benzene rings is 1. The molecule has 2 rings (SSSR count). The summed E-state index contributed by atoms with van der Waals surface area (Å²) in [5, 5.41) is 11.1. The number of rotatable bonds is 7. The SMILES string of the molecule is C=Cc1nccn1CCCC.O=C(O)CNc1ccccc1. The van der Waals surface area contributed by atoms with Gasteiger partial charge in [-0.3, -0.25) is 4.79 Å². The van der Waals surface area contributed by atoms with Gasteiger partial charge in [0.05, 0.1) is 0 Å². The summed E-state index contributed by atoms with van der Waals surface area (Å²) in [5.74, 6) is 0.118. The lowest BCUT2D eigenvalue weighted by atomic mass is 10.3. The first kappa shape index (κ1) is 17.5. The largest absolute Gasteiger partial charge is 0.480 e. The summed E-state index contributed by atoms with van der Waals surface area (Å²) in [4.78, 5) is 14.2. The van der Waals surface area contributed by atoms with Gasteiger partial charge in [-0.15, -0.1) is 0 Å². The topological polar surface area (TPSA) is 67.2 Å². The van der Waals surface area contributed by atoms with Crippen molar-refractivity contribution in [1.29, 1.82) is 0 Å². The highest BCUT2D eigenvalue weighted by Gasteiger charge is 1.95. The predicted molar refractivity (Wildman–Crippen MR) is 89.8 cm³/mol. The molecule has 0 atom stereocenters. The highest BCUT2D eigenvalue weighted by atomic mass is 16.4. The van der Waals surface area contributed by atoms with Crippen LogP contribution in [0.15, 0.2) is 49.3 Å². The van der Waals surface area contributed by atoms with Crippen LogP contribution < -0.4 is 5.32 Å².